The molecule has 0 fully saturated rings. The van der Waals surface area contributed by atoms with Gasteiger partial charge in [0, 0.05) is 30.9 Å². The standard InChI is InChI=1S/C15H21N5O2/c1-10(2)13(18-12(21)6-8-16-3)15-19-14(20-22-15)11-5-4-7-17-9-11/h4-5,7,9-10,13,16H,6,8H2,1-3H3,(H,18,21). The second-order valence-corrected chi connectivity index (χ2v) is 5.34. The van der Waals surface area contributed by atoms with Gasteiger partial charge in [0.1, 0.15) is 6.04 Å². The Hall–Kier alpha value is -2.28. The second kappa shape index (κ2) is 7.65. The molecule has 1 amide bonds. The maximum atomic E-state index is 11.9. The molecule has 2 aromatic heterocycles. The van der Waals surface area contributed by atoms with E-state index in [4.69, 9.17) is 4.52 Å². The maximum Gasteiger partial charge on any atom is 0.249 e. The summed E-state index contributed by atoms with van der Waals surface area (Å²) in [6.07, 6.45) is 3.76. The van der Waals surface area contributed by atoms with E-state index < -0.39 is 0 Å². The third kappa shape index (κ3) is 4.11. The third-order valence-electron chi connectivity index (χ3n) is 3.21. The Bertz CT molecular complexity index is 597. The minimum atomic E-state index is -0.303. The van der Waals surface area contributed by atoms with Crippen molar-refractivity contribution < 1.29 is 9.32 Å². The molecule has 2 aromatic rings. The van der Waals surface area contributed by atoms with Gasteiger partial charge in [-0.1, -0.05) is 19.0 Å². The molecule has 22 heavy (non-hydrogen) atoms. The SMILES string of the molecule is CNCCC(=O)NC(c1nc(-c2cccnc2)no1)C(C)C. The Labute approximate surface area is 129 Å². The molecule has 0 saturated carbocycles. The molecule has 0 aliphatic rings. The number of hydrogen-bond donors (Lipinski definition) is 2. The second-order valence-electron chi connectivity index (χ2n) is 5.34. The van der Waals surface area contributed by atoms with Gasteiger partial charge in [0.25, 0.3) is 0 Å². The van der Waals surface area contributed by atoms with Crippen molar-refractivity contribution in [1.82, 2.24) is 25.8 Å². The van der Waals surface area contributed by atoms with E-state index in [0.29, 0.717) is 24.7 Å². The molecular weight excluding hydrogens is 282 g/mol. The zero-order valence-electron chi connectivity index (χ0n) is 13.0. The summed E-state index contributed by atoms with van der Waals surface area (Å²) in [7, 11) is 1.81. The number of hydrogen-bond acceptors (Lipinski definition) is 6. The zero-order valence-corrected chi connectivity index (χ0v) is 13.0. The van der Waals surface area contributed by atoms with Crippen LogP contribution in [0.1, 0.15) is 32.2 Å². The highest BCUT2D eigenvalue weighted by Gasteiger charge is 2.24. The first-order chi connectivity index (χ1) is 10.6. The molecule has 2 heterocycles. The first kappa shape index (κ1) is 16.1. The summed E-state index contributed by atoms with van der Waals surface area (Å²) in [5.41, 5.74) is 0.779. The Morgan fingerprint density at radius 2 is 2.23 bits per heavy atom. The Morgan fingerprint density at radius 3 is 2.86 bits per heavy atom. The Morgan fingerprint density at radius 1 is 1.41 bits per heavy atom. The van der Waals surface area contributed by atoms with Crippen LogP contribution < -0.4 is 10.6 Å². The molecule has 0 spiro atoms. The summed E-state index contributed by atoms with van der Waals surface area (Å²) in [5.74, 6) is 0.972. The summed E-state index contributed by atoms with van der Waals surface area (Å²) in [6, 6.07) is 3.37. The molecule has 2 N–H and O–H groups in total. The molecule has 0 saturated heterocycles. The van der Waals surface area contributed by atoms with Gasteiger partial charge in [-0.05, 0) is 25.1 Å². The number of amides is 1. The highest BCUT2D eigenvalue weighted by molar-refractivity contribution is 5.76. The van der Waals surface area contributed by atoms with Gasteiger partial charge in [-0.15, -0.1) is 0 Å². The molecule has 0 bridgehead atoms. The van der Waals surface area contributed by atoms with E-state index in [0.717, 1.165) is 5.56 Å². The zero-order chi connectivity index (χ0) is 15.9. The van der Waals surface area contributed by atoms with E-state index in [-0.39, 0.29) is 17.9 Å². The first-order valence-electron chi connectivity index (χ1n) is 7.29. The van der Waals surface area contributed by atoms with Gasteiger partial charge in [0.05, 0.1) is 0 Å². The average Bonchev–Trinajstić information content (AvgIpc) is 3.00. The predicted octanol–water partition coefficient (Wildman–Crippen LogP) is 1.55. The lowest BCUT2D eigenvalue weighted by Crippen LogP contribution is -2.33. The number of nitrogens with zero attached hydrogens (tertiary/aromatic N) is 3. The number of pyridine rings is 1. The summed E-state index contributed by atoms with van der Waals surface area (Å²) < 4.78 is 5.33. The smallest absolute Gasteiger partial charge is 0.249 e. The van der Waals surface area contributed by atoms with Gasteiger partial charge in [-0.25, -0.2) is 0 Å². The van der Waals surface area contributed by atoms with Crippen molar-refractivity contribution in [3.05, 3.63) is 30.4 Å². The minimum absolute atomic E-state index is 0.0471. The summed E-state index contributed by atoms with van der Waals surface area (Å²) >= 11 is 0. The van der Waals surface area contributed by atoms with Gasteiger partial charge in [0.2, 0.25) is 17.6 Å². The van der Waals surface area contributed by atoms with Crippen molar-refractivity contribution in [1.29, 1.82) is 0 Å². The molecule has 7 nitrogen and oxygen atoms in total. The topological polar surface area (TPSA) is 92.9 Å². The van der Waals surface area contributed by atoms with Crippen molar-refractivity contribution in [2.45, 2.75) is 26.3 Å². The van der Waals surface area contributed by atoms with Crippen LogP contribution in [-0.4, -0.2) is 34.6 Å². The number of rotatable bonds is 7. The van der Waals surface area contributed by atoms with Crippen molar-refractivity contribution in [2.24, 2.45) is 5.92 Å². The number of carbonyl (C=O) groups excluding carboxylic acids is 1. The fraction of sp³-hybridized carbons (Fsp3) is 0.467. The van der Waals surface area contributed by atoms with Gasteiger partial charge in [-0.3, -0.25) is 9.78 Å². The normalized spacial score (nSPS) is 12.4. The first-order valence-corrected chi connectivity index (χ1v) is 7.29. The molecule has 1 unspecified atom stereocenters. The van der Waals surface area contributed by atoms with Crippen molar-refractivity contribution >= 4 is 5.91 Å². The molecule has 0 aromatic carbocycles. The lowest BCUT2D eigenvalue weighted by molar-refractivity contribution is -0.122. The van der Waals surface area contributed by atoms with E-state index >= 15 is 0 Å². The van der Waals surface area contributed by atoms with Crippen LogP contribution in [-0.2, 0) is 4.79 Å². The van der Waals surface area contributed by atoms with Crippen LogP contribution >= 0.6 is 0 Å². The quantitative estimate of drug-likeness (QED) is 0.806. The molecule has 0 aliphatic heterocycles. The van der Waals surface area contributed by atoms with E-state index in [1.807, 2.05) is 33.0 Å². The molecule has 118 valence electrons. The van der Waals surface area contributed by atoms with Crippen LogP contribution in [0.15, 0.2) is 29.0 Å². The number of carbonyl (C=O) groups is 1. The molecule has 7 heteroatoms. The largest absolute Gasteiger partial charge is 0.344 e. The molecule has 2 rings (SSSR count). The van der Waals surface area contributed by atoms with E-state index in [1.54, 1.807) is 12.4 Å². The fourth-order valence-corrected chi connectivity index (χ4v) is 1.97. The lowest BCUT2D eigenvalue weighted by Gasteiger charge is -2.18. The fourth-order valence-electron chi connectivity index (χ4n) is 1.97. The lowest BCUT2D eigenvalue weighted by atomic mass is 10.0. The van der Waals surface area contributed by atoms with Gasteiger partial charge in [-0.2, -0.15) is 4.98 Å². The Balaban J connectivity index is 2.13. The minimum Gasteiger partial charge on any atom is -0.344 e. The Kier molecular flexibility index (Phi) is 5.60. The summed E-state index contributed by atoms with van der Waals surface area (Å²) in [6.45, 7) is 4.62. The molecule has 0 aliphatic carbocycles. The van der Waals surface area contributed by atoms with Crippen LogP contribution in [0.4, 0.5) is 0 Å². The van der Waals surface area contributed by atoms with Crippen LogP contribution in [0.2, 0.25) is 0 Å². The van der Waals surface area contributed by atoms with Gasteiger partial charge < -0.3 is 15.2 Å². The third-order valence-corrected chi connectivity index (χ3v) is 3.21. The van der Waals surface area contributed by atoms with Crippen LogP contribution in [0.3, 0.4) is 0 Å². The number of nitrogens with one attached hydrogen (secondary N) is 2. The van der Waals surface area contributed by atoms with E-state index in [9.17, 15) is 4.79 Å². The monoisotopic (exact) mass is 303 g/mol. The van der Waals surface area contributed by atoms with Crippen LogP contribution in [0, 0.1) is 5.92 Å². The average molecular weight is 303 g/mol. The predicted molar refractivity (Wildman–Crippen MR) is 81.8 cm³/mol. The number of aromatic nitrogens is 3. The highest BCUT2D eigenvalue weighted by Crippen LogP contribution is 2.23. The molecule has 0 radical (unpaired) electrons. The summed E-state index contributed by atoms with van der Waals surface area (Å²) in [4.78, 5) is 20.3. The van der Waals surface area contributed by atoms with Crippen molar-refractivity contribution in [3.63, 3.8) is 0 Å². The maximum absolute atomic E-state index is 11.9. The highest BCUT2D eigenvalue weighted by atomic mass is 16.5. The molecule has 1 atom stereocenters. The van der Waals surface area contributed by atoms with Crippen molar-refractivity contribution in [3.8, 4) is 11.4 Å². The van der Waals surface area contributed by atoms with E-state index in [1.165, 1.54) is 0 Å². The van der Waals surface area contributed by atoms with Gasteiger partial charge in [0.15, 0.2) is 0 Å². The summed E-state index contributed by atoms with van der Waals surface area (Å²) in [5, 5.41) is 9.86. The molecular formula is C15H21N5O2. The van der Waals surface area contributed by atoms with E-state index in [2.05, 4.69) is 25.8 Å². The van der Waals surface area contributed by atoms with Crippen LogP contribution in [0.5, 0.6) is 0 Å². The van der Waals surface area contributed by atoms with Crippen molar-refractivity contribution in [2.75, 3.05) is 13.6 Å². The van der Waals surface area contributed by atoms with Gasteiger partial charge >= 0.3 is 0 Å². The van der Waals surface area contributed by atoms with Crippen LogP contribution in [0.25, 0.3) is 11.4 Å².